The quantitative estimate of drug-likeness (QED) is 0.620. The zero-order chi connectivity index (χ0) is 9.68. The van der Waals surface area contributed by atoms with Crippen LogP contribution in [0.15, 0.2) is 0 Å². The third-order valence-corrected chi connectivity index (χ3v) is 3.55. The summed E-state index contributed by atoms with van der Waals surface area (Å²) in [7, 11) is 0. The molecule has 0 amide bonds. The lowest BCUT2D eigenvalue weighted by Gasteiger charge is -2.21. The van der Waals surface area contributed by atoms with E-state index in [2.05, 4.69) is 41.8 Å². The van der Waals surface area contributed by atoms with E-state index in [1.807, 2.05) is 0 Å². The Morgan fingerprint density at radius 1 is 1.54 bits per heavy atom. The predicted octanol–water partition coefficient (Wildman–Crippen LogP) is 2.21. The highest BCUT2D eigenvalue weighted by atomic mass is 127. The molecule has 1 saturated heterocycles. The van der Waals surface area contributed by atoms with Gasteiger partial charge in [0.05, 0.1) is 6.10 Å². The van der Waals surface area contributed by atoms with E-state index >= 15 is 0 Å². The molecular formula is C10H20INO. The Bertz CT molecular complexity index is 135. The van der Waals surface area contributed by atoms with Crippen molar-refractivity contribution in [1.82, 2.24) is 5.32 Å². The highest BCUT2D eigenvalue weighted by Gasteiger charge is 2.18. The van der Waals surface area contributed by atoms with E-state index in [4.69, 9.17) is 4.74 Å². The van der Waals surface area contributed by atoms with Crippen molar-refractivity contribution in [2.45, 2.75) is 38.8 Å². The first-order valence-corrected chi connectivity index (χ1v) is 6.67. The fraction of sp³-hybridized carbons (Fsp3) is 1.00. The molecule has 0 radical (unpaired) electrons. The van der Waals surface area contributed by atoms with E-state index in [-0.39, 0.29) is 0 Å². The van der Waals surface area contributed by atoms with Gasteiger partial charge in [0.2, 0.25) is 0 Å². The largest absolute Gasteiger partial charge is 0.377 e. The normalized spacial score (nSPS) is 25.4. The summed E-state index contributed by atoms with van der Waals surface area (Å²) in [6, 6.07) is 0.643. The van der Waals surface area contributed by atoms with E-state index in [9.17, 15) is 0 Å². The van der Waals surface area contributed by atoms with Crippen molar-refractivity contribution in [1.29, 1.82) is 0 Å². The lowest BCUT2D eigenvalue weighted by atomic mass is 10.1. The molecule has 0 saturated carbocycles. The van der Waals surface area contributed by atoms with Crippen molar-refractivity contribution < 1.29 is 4.74 Å². The Morgan fingerprint density at radius 3 is 2.77 bits per heavy atom. The summed E-state index contributed by atoms with van der Waals surface area (Å²) < 4.78 is 6.75. The van der Waals surface area contributed by atoms with Crippen LogP contribution in [0.25, 0.3) is 0 Å². The molecule has 13 heavy (non-hydrogen) atoms. The van der Waals surface area contributed by atoms with Crippen LogP contribution in [0.3, 0.4) is 0 Å². The molecule has 0 bridgehead atoms. The lowest BCUT2D eigenvalue weighted by molar-refractivity contribution is 0.106. The fourth-order valence-corrected chi connectivity index (χ4v) is 2.89. The van der Waals surface area contributed by atoms with E-state index in [0.29, 0.717) is 12.1 Å². The average molecular weight is 297 g/mol. The second-order valence-corrected chi connectivity index (χ2v) is 4.93. The maximum absolute atomic E-state index is 5.56. The van der Waals surface area contributed by atoms with Crippen LogP contribution in [0.4, 0.5) is 0 Å². The first-order valence-electron chi connectivity index (χ1n) is 5.15. The molecule has 1 fully saturated rings. The van der Waals surface area contributed by atoms with Crippen molar-refractivity contribution in [3.63, 3.8) is 0 Å². The molecule has 0 spiro atoms. The van der Waals surface area contributed by atoms with E-state index in [1.54, 1.807) is 0 Å². The minimum absolute atomic E-state index is 0.476. The molecule has 1 heterocycles. The van der Waals surface area contributed by atoms with Gasteiger partial charge in [-0.15, -0.1) is 0 Å². The molecule has 0 aromatic carbocycles. The lowest BCUT2D eigenvalue weighted by Crippen LogP contribution is -2.39. The van der Waals surface area contributed by atoms with Gasteiger partial charge in [0, 0.05) is 23.6 Å². The summed E-state index contributed by atoms with van der Waals surface area (Å²) in [5, 5.41) is 3.58. The number of hydrogen-bond acceptors (Lipinski definition) is 2. The predicted molar refractivity (Wildman–Crippen MR) is 64.5 cm³/mol. The van der Waals surface area contributed by atoms with Gasteiger partial charge in [0.25, 0.3) is 0 Å². The van der Waals surface area contributed by atoms with Gasteiger partial charge in [-0.2, -0.15) is 0 Å². The topological polar surface area (TPSA) is 21.3 Å². The highest BCUT2D eigenvalue weighted by Crippen LogP contribution is 2.12. The second-order valence-electron chi connectivity index (χ2n) is 4.05. The maximum atomic E-state index is 5.56. The van der Waals surface area contributed by atoms with Crippen molar-refractivity contribution in [3.8, 4) is 0 Å². The van der Waals surface area contributed by atoms with Crippen LogP contribution in [-0.4, -0.2) is 29.7 Å². The molecule has 0 aliphatic carbocycles. The smallest absolute Gasteiger partial charge is 0.0700 e. The molecule has 1 rings (SSSR count). The van der Waals surface area contributed by atoms with Crippen LogP contribution in [0.2, 0.25) is 0 Å². The van der Waals surface area contributed by atoms with Crippen LogP contribution in [0, 0.1) is 5.92 Å². The average Bonchev–Trinajstić information content (AvgIpc) is 2.57. The summed E-state index contributed by atoms with van der Waals surface area (Å²) in [6.45, 7) is 6.53. The van der Waals surface area contributed by atoms with Gasteiger partial charge in [-0.3, -0.25) is 0 Å². The number of ether oxygens (including phenoxy) is 1. The Kier molecular flexibility index (Phi) is 5.58. The zero-order valence-corrected chi connectivity index (χ0v) is 10.7. The number of alkyl halides is 1. The fourth-order valence-electron chi connectivity index (χ4n) is 1.56. The first-order chi connectivity index (χ1) is 6.24. The molecule has 0 aromatic rings. The molecule has 1 N–H and O–H groups in total. The molecule has 0 aromatic heterocycles. The van der Waals surface area contributed by atoms with Crippen LogP contribution < -0.4 is 5.32 Å². The minimum atomic E-state index is 0.476. The van der Waals surface area contributed by atoms with E-state index in [1.165, 1.54) is 17.3 Å². The monoisotopic (exact) mass is 297 g/mol. The molecule has 3 heteroatoms. The number of halogens is 1. The molecule has 2 unspecified atom stereocenters. The van der Waals surface area contributed by atoms with Gasteiger partial charge in [-0.25, -0.2) is 0 Å². The molecule has 78 valence electrons. The Hall–Kier alpha value is 0.650. The Balaban J connectivity index is 2.15. The van der Waals surface area contributed by atoms with Crippen molar-refractivity contribution >= 4 is 22.6 Å². The van der Waals surface area contributed by atoms with Crippen molar-refractivity contribution in [3.05, 3.63) is 0 Å². The van der Waals surface area contributed by atoms with Gasteiger partial charge in [-0.05, 0) is 18.8 Å². The van der Waals surface area contributed by atoms with Crippen molar-refractivity contribution in [2.75, 3.05) is 17.6 Å². The van der Waals surface area contributed by atoms with Crippen LogP contribution >= 0.6 is 22.6 Å². The van der Waals surface area contributed by atoms with Gasteiger partial charge in [0.15, 0.2) is 0 Å². The van der Waals surface area contributed by atoms with Gasteiger partial charge >= 0.3 is 0 Å². The van der Waals surface area contributed by atoms with Gasteiger partial charge in [-0.1, -0.05) is 36.4 Å². The summed E-state index contributed by atoms with van der Waals surface area (Å²) in [5.41, 5.74) is 0. The Labute approximate surface area is 94.9 Å². The summed E-state index contributed by atoms with van der Waals surface area (Å²) >= 11 is 2.45. The SMILES string of the molecule is CC(C)C(CI)NCC1CCCO1. The Morgan fingerprint density at radius 2 is 2.31 bits per heavy atom. The zero-order valence-electron chi connectivity index (χ0n) is 8.55. The number of rotatable bonds is 5. The summed E-state index contributed by atoms with van der Waals surface area (Å²) in [5.74, 6) is 0.721. The first kappa shape index (κ1) is 11.7. The molecular weight excluding hydrogens is 277 g/mol. The molecule has 1 aliphatic rings. The van der Waals surface area contributed by atoms with Crippen LogP contribution in [0.1, 0.15) is 26.7 Å². The van der Waals surface area contributed by atoms with E-state index in [0.717, 1.165) is 19.1 Å². The van der Waals surface area contributed by atoms with E-state index < -0.39 is 0 Å². The number of nitrogens with one attached hydrogen (secondary N) is 1. The second kappa shape index (κ2) is 6.19. The molecule has 2 nitrogen and oxygen atoms in total. The summed E-state index contributed by atoms with van der Waals surface area (Å²) in [6.07, 6.45) is 2.95. The van der Waals surface area contributed by atoms with Crippen molar-refractivity contribution in [2.24, 2.45) is 5.92 Å². The summed E-state index contributed by atoms with van der Waals surface area (Å²) in [4.78, 5) is 0. The third kappa shape index (κ3) is 4.13. The van der Waals surface area contributed by atoms with Crippen LogP contribution in [0.5, 0.6) is 0 Å². The van der Waals surface area contributed by atoms with Gasteiger partial charge in [0.1, 0.15) is 0 Å². The highest BCUT2D eigenvalue weighted by molar-refractivity contribution is 14.1. The standard InChI is InChI=1S/C10H20INO/c1-8(2)10(6-11)12-7-9-4-3-5-13-9/h8-10,12H,3-7H2,1-2H3. The minimum Gasteiger partial charge on any atom is -0.377 e. The van der Waals surface area contributed by atoms with Gasteiger partial charge < -0.3 is 10.1 Å². The number of hydrogen-bond donors (Lipinski definition) is 1. The van der Waals surface area contributed by atoms with Crippen LogP contribution in [-0.2, 0) is 4.74 Å². The molecule has 1 aliphatic heterocycles. The molecule has 2 atom stereocenters. The third-order valence-electron chi connectivity index (χ3n) is 2.60. The maximum Gasteiger partial charge on any atom is 0.0700 e.